The molecule has 2 N–H and O–H groups in total. The summed E-state index contributed by atoms with van der Waals surface area (Å²) in [7, 11) is 0. The first kappa shape index (κ1) is 12.7. The van der Waals surface area contributed by atoms with Crippen molar-refractivity contribution in [1.29, 1.82) is 0 Å². The van der Waals surface area contributed by atoms with Gasteiger partial charge in [0.2, 0.25) is 5.91 Å². The molecule has 0 aromatic carbocycles. The lowest BCUT2D eigenvalue weighted by atomic mass is 10.0. The summed E-state index contributed by atoms with van der Waals surface area (Å²) in [6.07, 6.45) is -2.76. The van der Waals surface area contributed by atoms with Gasteiger partial charge in [0.05, 0.1) is 0 Å². The van der Waals surface area contributed by atoms with Crippen molar-refractivity contribution in [2.75, 3.05) is 0 Å². The van der Waals surface area contributed by atoms with Crippen molar-refractivity contribution in [2.24, 2.45) is 5.73 Å². The number of hydrogen-bond acceptors (Lipinski definition) is 2. The molecule has 2 heterocycles. The fourth-order valence-electron chi connectivity index (χ4n) is 2.65. The zero-order valence-corrected chi connectivity index (χ0v) is 10.5. The number of primary amides is 1. The van der Waals surface area contributed by atoms with E-state index in [0.29, 0.717) is 11.3 Å². The van der Waals surface area contributed by atoms with Crippen LogP contribution in [0.5, 0.6) is 0 Å². The second-order valence-corrected chi connectivity index (χ2v) is 4.71. The summed E-state index contributed by atoms with van der Waals surface area (Å²) in [5.74, 6) is -0.861. The highest BCUT2D eigenvalue weighted by molar-refractivity contribution is 6.21. The van der Waals surface area contributed by atoms with Crippen LogP contribution < -0.4 is 5.73 Å². The molecule has 7 heteroatoms. The Balaban J connectivity index is 2.43. The second kappa shape index (κ2) is 3.84. The van der Waals surface area contributed by atoms with E-state index in [0.717, 1.165) is 0 Å². The summed E-state index contributed by atoms with van der Waals surface area (Å²) < 4.78 is 41.1. The van der Waals surface area contributed by atoms with Gasteiger partial charge in [-0.3, -0.25) is 4.79 Å². The lowest BCUT2D eigenvalue weighted by Gasteiger charge is -2.14. The first-order chi connectivity index (χ1) is 9.30. The topological polar surface area (TPSA) is 60.4 Å². The zero-order valence-electron chi connectivity index (χ0n) is 10.5. The average molecular weight is 281 g/mol. The van der Waals surface area contributed by atoms with E-state index in [1.165, 1.54) is 6.07 Å². The van der Waals surface area contributed by atoms with Crippen molar-refractivity contribution >= 4 is 17.1 Å². The van der Waals surface area contributed by atoms with E-state index >= 15 is 0 Å². The van der Waals surface area contributed by atoms with Crippen LogP contribution in [0.25, 0.3) is 11.2 Å². The van der Waals surface area contributed by atoms with Crippen LogP contribution in [-0.4, -0.2) is 15.3 Å². The van der Waals surface area contributed by atoms with Crippen LogP contribution in [0.3, 0.4) is 0 Å². The number of fused-ring (bicyclic) bond motifs is 3. The molecule has 0 fully saturated rings. The first-order valence-electron chi connectivity index (χ1n) is 5.87. The van der Waals surface area contributed by atoms with E-state index in [4.69, 9.17) is 5.73 Å². The Bertz CT molecular complexity index is 771. The van der Waals surface area contributed by atoms with E-state index in [-0.39, 0.29) is 23.2 Å². The van der Waals surface area contributed by atoms with Crippen LogP contribution in [0.2, 0.25) is 0 Å². The standard InChI is InChI=1S/C13H10F3N3O/c1-6-5-7-10(9(6)12(17)20)11(13(14,15)16)18-8-3-2-4-19(7)8/h2-4H,5H2,1H3,(H2,17,20). The van der Waals surface area contributed by atoms with Crippen LogP contribution in [0.1, 0.15) is 23.9 Å². The number of hydrogen-bond donors (Lipinski definition) is 1. The quantitative estimate of drug-likeness (QED) is 0.870. The minimum Gasteiger partial charge on any atom is -0.366 e. The lowest BCUT2D eigenvalue weighted by molar-refractivity contribution is -0.141. The second-order valence-electron chi connectivity index (χ2n) is 4.71. The number of carbonyl (C=O) groups is 1. The Morgan fingerprint density at radius 2 is 2.15 bits per heavy atom. The summed E-state index contributed by atoms with van der Waals surface area (Å²) >= 11 is 0. The minimum atomic E-state index is -4.64. The maximum absolute atomic E-state index is 13.2. The molecule has 0 spiro atoms. The van der Waals surface area contributed by atoms with Gasteiger partial charge in [0.1, 0.15) is 5.65 Å². The van der Waals surface area contributed by atoms with Gasteiger partial charge in [-0.1, -0.05) is 5.57 Å². The third kappa shape index (κ3) is 1.62. The highest BCUT2D eigenvalue weighted by Gasteiger charge is 2.41. The van der Waals surface area contributed by atoms with Crippen molar-refractivity contribution in [3.05, 3.63) is 40.9 Å². The van der Waals surface area contributed by atoms with Crippen LogP contribution in [0.4, 0.5) is 13.2 Å². The molecule has 2 aromatic heterocycles. The van der Waals surface area contributed by atoms with E-state index in [1.807, 2.05) is 0 Å². The van der Waals surface area contributed by atoms with Crippen LogP contribution in [0, 0.1) is 0 Å². The highest BCUT2D eigenvalue weighted by Crippen LogP contribution is 2.41. The van der Waals surface area contributed by atoms with E-state index in [9.17, 15) is 18.0 Å². The normalized spacial score (nSPS) is 15.0. The Kier molecular flexibility index (Phi) is 2.44. The number of alkyl halides is 3. The van der Waals surface area contributed by atoms with Gasteiger partial charge in [0, 0.05) is 29.4 Å². The molecule has 1 aliphatic rings. The molecule has 0 saturated heterocycles. The van der Waals surface area contributed by atoms with Crippen LogP contribution in [0.15, 0.2) is 23.9 Å². The SMILES string of the molecule is CC1=C(C(N)=O)c2c(C(F)(F)F)nc3cccn3c2C1. The monoisotopic (exact) mass is 281 g/mol. The van der Waals surface area contributed by atoms with Crippen LogP contribution >= 0.6 is 0 Å². The summed E-state index contributed by atoms with van der Waals surface area (Å²) in [5, 5.41) is 0. The molecule has 0 saturated carbocycles. The third-order valence-corrected chi connectivity index (χ3v) is 3.39. The maximum atomic E-state index is 13.2. The van der Waals surface area contributed by atoms with E-state index in [2.05, 4.69) is 4.98 Å². The van der Waals surface area contributed by atoms with Gasteiger partial charge in [-0.05, 0) is 19.1 Å². The van der Waals surface area contributed by atoms with Gasteiger partial charge in [-0.2, -0.15) is 13.2 Å². The van der Waals surface area contributed by atoms with Gasteiger partial charge in [-0.15, -0.1) is 0 Å². The fraction of sp³-hybridized carbons (Fsp3) is 0.231. The predicted octanol–water partition coefficient (Wildman–Crippen LogP) is 2.17. The molecule has 4 nitrogen and oxygen atoms in total. The number of rotatable bonds is 1. The van der Waals surface area contributed by atoms with Gasteiger partial charge in [0.25, 0.3) is 0 Å². The number of halogens is 3. The Morgan fingerprint density at radius 1 is 1.45 bits per heavy atom. The van der Waals surface area contributed by atoms with Gasteiger partial charge in [0.15, 0.2) is 5.69 Å². The number of allylic oxidation sites excluding steroid dienone is 1. The number of nitrogens with zero attached hydrogens (tertiary/aromatic N) is 2. The summed E-state index contributed by atoms with van der Waals surface area (Å²) in [6.45, 7) is 1.61. The fourth-order valence-corrected chi connectivity index (χ4v) is 2.65. The van der Waals surface area contributed by atoms with Crippen molar-refractivity contribution in [1.82, 2.24) is 9.38 Å². The molecule has 2 aromatic rings. The number of carbonyl (C=O) groups excluding carboxylic acids is 1. The third-order valence-electron chi connectivity index (χ3n) is 3.39. The zero-order chi connectivity index (χ0) is 14.7. The molecule has 1 aliphatic carbocycles. The highest BCUT2D eigenvalue weighted by atomic mass is 19.4. The lowest BCUT2D eigenvalue weighted by Crippen LogP contribution is -2.19. The molecule has 1 amide bonds. The molecule has 0 bridgehead atoms. The van der Waals surface area contributed by atoms with Crippen LogP contribution in [-0.2, 0) is 17.4 Å². The Morgan fingerprint density at radius 3 is 2.75 bits per heavy atom. The summed E-state index contributed by atoms with van der Waals surface area (Å²) in [6, 6.07) is 3.10. The predicted molar refractivity (Wildman–Crippen MR) is 65.7 cm³/mol. The Hall–Kier alpha value is -2.31. The average Bonchev–Trinajstić information content (AvgIpc) is 2.88. The Labute approximate surface area is 111 Å². The number of nitrogens with two attached hydrogens (primary N) is 1. The number of amides is 1. The van der Waals surface area contributed by atoms with Crippen molar-refractivity contribution in [3.8, 4) is 0 Å². The van der Waals surface area contributed by atoms with Gasteiger partial charge < -0.3 is 10.1 Å². The first-order valence-corrected chi connectivity index (χ1v) is 5.87. The van der Waals surface area contributed by atoms with Gasteiger partial charge in [-0.25, -0.2) is 4.98 Å². The van der Waals surface area contributed by atoms with E-state index < -0.39 is 17.8 Å². The van der Waals surface area contributed by atoms with E-state index in [1.54, 1.807) is 23.6 Å². The molecule has 104 valence electrons. The molecular formula is C13H10F3N3O. The van der Waals surface area contributed by atoms with Crippen molar-refractivity contribution in [3.63, 3.8) is 0 Å². The molecule has 0 atom stereocenters. The number of aromatic nitrogens is 2. The summed E-state index contributed by atoms with van der Waals surface area (Å²) in [4.78, 5) is 15.1. The largest absolute Gasteiger partial charge is 0.434 e. The van der Waals surface area contributed by atoms with Crippen molar-refractivity contribution < 1.29 is 18.0 Å². The maximum Gasteiger partial charge on any atom is 0.434 e. The van der Waals surface area contributed by atoms with Crippen molar-refractivity contribution in [2.45, 2.75) is 19.5 Å². The molecule has 3 rings (SSSR count). The molecule has 0 aliphatic heterocycles. The molecule has 0 unspecified atom stereocenters. The van der Waals surface area contributed by atoms with Gasteiger partial charge >= 0.3 is 6.18 Å². The smallest absolute Gasteiger partial charge is 0.366 e. The minimum absolute atomic E-state index is 0.0737. The summed E-state index contributed by atoms with van der Waals surface area (Å²) in [5.41, 5.74) is 5.05. The molecule has 20 heavy (non-hydrogen) atoms. The molecular weight excluding hydrogens is 271 g/mol. The molecule has 0 radical (unpaired) electrons.